The van der Waals surface area contributed by atoms with Crippen molar-refractivity contribution >= 4 is 11.6 Å². The molecule has 2 aliphatic carbocycles. The molecule has 0 radical (unpaired) electrons. The van der Waals surface area contributed by atoms with Gasteiger partial charge in [0.2, 0.25) is 0 Å². The average Bonchev–Trinajstić information content (AvgIpc) is 3.07. The minimum atomic E-state index is -0.102. The third kappa shape index (κ3) is 1.46. The van der Waals surface area contributed by atoms with E-state index in [0.717, 1.165) is 49.9 Å². The summed E-state index contributed by atoms with van der Waals surface area (Å²) in [7, 11) is 0. The van der Waals surface area contributed by atoms with Crippen LogP contribution < -0.4 is 0 Å². The van der Waals surface area contributed by atoms with Gasteiger partial charge in [0.15, 0.2) is 11.6 Å². The molecule has 3 aliphatic rings. The largest absolute Gasteiger partial charge is 0.294 e. The summed E-state index contributed by atoms with van der Waals surface area (Å²) in [5.74, 6) is 0.489. The van der Waals surface area contributed by atoms with Crippen molar-refractivity contribution in [3.8, 4) is 0 Å². The zero-order valence-corrected chi connectivity index (χ0v) is 8.79. The first-order valence-corrected chi connectivity index (χ1v) is 5.81. The van der Waals surface area contributed by atoms with Crippen LogP contribution in [0.15, 0.2) is 11.1 Å². The van der Waals surface area contributed by atoms with E-state index in [4.69, 9.17) is 0 Å². The lowest BCUT2D eigenvalue weighted by Crippen LogP contribution is -2.39. The maximum absolute atomic E-state index is 12.1. The first-order valence-electron chi connectivity index (χ1n) is 5.81. The summed E-state index contributed by atoms with van der Waals surface area (Å²) in [6.07, 6.45) is 4.27. The summed E-state index contributed by atoms with van der Waals surface area (Å²) in [6, 6.07) is -0.102. The number of carbonyl (C=O) groups is 2. The minimum absolute atomic E-state index is 0.102. The Kier molecular flexibility index (Phi) is 2.02. The van der Waals surface area contributed by atoms with E-state index in [1.54, 1.807) is 0 Å². The van der Waals surface area contributed by atoms with E-state index >= 15 is 0 Å². The van der Waals surface area contributed by atoms with E-state index in [2.05, 4.69) is 4.90 Å². The van der Waals surface area contributed by atoms with Crippen molar-refractivity contribution in [1.29, 1.82) is 0 Å². The molecule has 0 bridgehead atoms. The number of ketones is 2. The molecule has 0 aromatic heterocycles. The Morgan fingerprint density at radius 1 is 1.00 bits per heavy atom. The van der Waals surface area contributed by atoms with Gasteiger partial charge in [0.25, 0.3) is 0 Å². The SMILES string of the molecule is O=C1CC(N2CC2)C(=O)C2=C1CCCC2. The first-order chi connectivity index (χ1) is 7.27. The van der Waals surface area contributed by atoms with Gasteiger partial charge < -0.3 is 0 Å². The second kappa shape index (κ2) is 3.27. The standard InChI is InChI=1S/C12H15NO2/c14-11-7-10(13-5-6-13)12(15)9-4-2-1-3-8(9)11/h10H,1-7H2. The van der Waals surface area contributed by atoms with Gasteiger partial charge in [-0.3, -0.25) is 14.5 Å². The number of allylic oxidation sites excluding steroid dienone is 1. The molecule has 0 amide bonds. The van der Waals surface area contributed by atoms with Crippen LogP contribution >= 0.6 is 0 Å². The molecule has 3 nitrogen and oxygen atoms in total. The summed E-state index contributed by atoms with van der Waals surface area (Å²) in [5, 5.41) is 0. The predicted octanol–water partition coefficient (Wildman–Crippen LogP) is 1.08. The Bertz CT molecular complexity index is 366. The van der Waals surface area contributed by atoms with Crippen LogP contribution in [-0.2, 0) is 9.59 Å². The van der Waals surface area contributed by atoms with Crippen LogP contribution in [0.5, 0.6) is 0 Å². The van der Waals surface area contributed by atoms with Crippen LogP contribution in [0.2, 0.25) is 0 Å². The average molecular weight is 205 g/mol. The number of carbonyl (C=O) groups excluding carboxylic acids is 2. The molecule has 1 heterocycles. The molecule has 3 rings (SSSR count). The lowest BCUT2D eigenvalue weighted by molar-refractivity contribution is -0.126. The van der Waals surface area contributed by atoms with Gasteiger partial charge in [-0.2, -0.15) is 0 Å². The van der Waals surface area contributed by atoms with Crippen LogP contribution in [0, 0.1) is 0 Å². The molecule has 0 spiro atoms. The number of hydrogen-bond donors (Lipinski definition) is 0. The summed E-state index contributed by atoms with van der Waals surface area (Å²) < 4.78 is 0. The highest BCUT2D eigenvalue weighted by Crippen LogP contribution is 2.34. The van der Waals surface area contributed by atoms with Crippen LogP contribution in [-0.4, -0.2) is 35.6 Å². The summed E-state index contributed by atoms with van der Waals surface area (Å²) in [5.41, 5.74) is 1.73. The van der Waals surface area contributed by atoms with Crippen molar-refractivity contribution in [2.24, 2.45) is 0 Å². The molecule has 1 unspecified atom stereocenters. The van der Waals surface area contributed by atoms with Crippen molar-refractivity contribution in [1.82, 2.24) is 4.90 Å². The van der Waals surface area contributed by atoms with E-state index < -0.39 is 0 Å². The van der Waals surface area contributed by atoms with Crippen molar-refractivity contribution < 1.29 is 9.59 Å². The molecule has 0 saturated carbocycles. The third-order valence-corrected chi connectivity index (χ3v) is 3.71. The highest BCUT2D eigenvalue weighted by Gasteiger charge is 2.41. The molecule has 1 fully saturated rings. The van der Waals surface area contributed by atoms with Gasteiger partial charge in [-0.15, -0.1) is 0 Å². The zero-order chi connectivity index (χ0) is 10.4. The Morgan fingerprint density at radius 3 is 2.33 bits per heavy atom. The fraction of sp³-hybridized carbons (Fsp3) is 0.667. The molecule has 80 valence electrons. The van der Waals surface area contributed by atoms with Gasteiger partial charge in [-0.05, 0) is 25.7 Å². The molecular weight excluding hydrogens is 190 g/mol. The third-order valence-electron chi connectivity index (χ3n) is 3.71. The smallest absolute Gasteiger partial charge is 0.176 e. The number of hydrogen-bond acceptors (Lipinski definition) is 3. The van der Waals surface area contributed by atoms with E-state index in [-0.39, 0.29) is 17.6 Å². The Labute approximate surface area is 89.1 Å². The van der Waals surface area contributed by atoms with E-state index in [1.807, 2.05) is 0 Å². The lowest BCUT2D eigenvalue weighted by Gasteiger charge is -2.28. The topological polar surface area (TPSA) is 37.1 Å². The van der Waals surface area contributed by atoms with Crippen LogP contribution in [0.3, 0.4) is 0 Å². The van der Waals surface area contributed by atoms with Gasteiger partial charge in [-0.25, -0.2) is 0 Å². The van der Waals surface area contributed by atoms with Crippen LogP contribution in [0.4, 0.5) is 0 Å². The highest BCUT2D eigenvalue weighted by molar-refractivity contribution is 6.14. The normalized spacial score (nSPS) is 31.9. The lowest BCUT2D eigenvalue weighted by atomic mass is 9.78. The maximum Gasteiger partial charge on any atom is 0.176 e. The number of rotatable bonds is 1. The predicted molar refractivity (Wildman–Crippen MR) is 55.5 cm³/mol. The monoisotopic (exact) mass is 205 g/mol. The number of Topliss-reactive ketones (excluding diaryl/α,β-unsaturated/α-hetero) is 2. The highest BCUT2D eigenvalue weighted by atomic mass is 16.1. The molecule has 15 heavy (non-hydrogen) atoms. The maximum atomic E-state index is 12.1. The fourth-order valence-corrected chi connectivity index (χ4v) is 2.74. The van der Waals surface area contributed by atoms with Crippen molar-refractivity contribution in [3.63, 3.8) is 0 Å². The fourth-order valence-electron chi connectivity index (χ4n) is 2.74. The molecule has 1 saturated heterocycles. The molecule has 0 aromatic rings. The first kappa shape index (κ1) is 9.28. The molecule has 0 aromatic carbocycles. The second-order valence-electron chi connectivity index (χ2n) is 4.71. The van der Waals surface area contributed by atoms with Gasteiger partial charge in [0.1, 0.15) is 0 Å². The van der Waals surface area contributed by atoms with Gasteiger partial charge in [0.05, 0.1) is 6.04 Å². The van der Waals surface area contributed by atoms with Gasteiger partial charge >= 0.3 is 0 Å². The molecule has 0 N–H and O–H groups in total. The Hall–Kier alpha value is -0.960. The van der Waals surface area contributed by atoms with E-state index in [9.17, 15) is 9.59 Å². The Balaban J connectivity index is 1.95. The van der Waals surface area contributed by atoms with Crippen molar-refractivity contribution in [3.05, 3.63) is 11.1 Å². The van der Waals surface area contributed by atoms with E-state index in [1.165, 1.54) is 0 Å². The van der Waals surface area contributed by atoms with Crippen molar-refractivity contribution in [2.75, 3.05) is 13.1 Å². The minimum Gasteiger partial charge on any atom is -0.294 e. The summed E-state index contributed by atoms with van der Waals surface area (Å²) in [4.78, 5) is 26.1. The van der Waals surface area contributed by atoms with Gasteiger partial charge in [-0.1, -0.05) is 0 Å². The number of nitrogens with zero attached hydrogens (tertiary/aromatic N) is 1. The Morgan fingerprint density at radius 2 is 1.67 bits per heavy atom. The summed E-state index contributed by atoms with van der Waals surface area (Å²) in [6.45, 7) is 1.98. The zero-order valence-electron chi connectivity index (χ0n) is 8.79. The second-order valence-corrected chi connectivity index (χ2v) is 4.71. The summed E-state index contributed by atoms with van der Waals surface area (Å²) >= 11 is 0. The van der Waals surface area contributed by atoms with Gasteiger partial charge in [0, 0.05) is 30.7 Å². The molecular formula is C12H15NO2. The van der Waals surface area contributed by atoms with Crippen LogP contribution in [0.1, 0.15) is 32.1 Å². The quantitative estimate of drug-likeness (QED) is 0.601. The van der Waals surface area contributed by atoms with Crippen LogP contribution in [0.25, 0.3) is 0 Å². The molecule has 1 aliphatic heterocycles. The molecule has 3 heteroatoms. The van der Waals surface area contributed by atoms with Crippen molar-refractivity contribution in [2.45, 2.75) is 38.1 Å². The molecule has 1 atom stereocenters. The van der Waals surface area contributed by atoms with E-state index in [0.29, 0.717) is 6.42 Å².